The summed E-state index contributed by atoms with van der Waals surface area (Å²) >= 11 is 1.73. The Morgan fingerprint density at radius 3 is 2.65 bits per heavy atom. The van der Waals surface area contributed by atoms with E-state index in [4.69, 9.17) is 5.73 Å². The Morgan fingerprint density at radius 2 is 2.10 bits per heavy atom. The smallest absolute Gasteiger partial charge is 0.109 e. The van der Waals surface area contributed by atoms with E-state index < -0.39 is 0 Å². The summed E-state index contributed by atoms with van der Waals surface area (Å²) in [6, 6.07) is 8.74. The van der Waals surface area contributed by atoms with Crippen LogP contribution in [-0.2, 0) is 5.41 Å². The van der Waals surface area contributed by atoms with Gasteiger partial charge in [0.2, 0.25) is 0 Å². The van der Waals surface area contributed by atoms with Gasteiger partial charge >= 0.3 is 0 Å². The van der Waals surface area contributed by atoms with Crippen molar-refractivity contribution in [1.82, 2.24) is 10.3 Å². The minimum Gasteiger partial charge on any atom is -0.399 e. The molecule has 1 unspecified atom stereocenters. The number of hydrogen-bond donors (Lipinski definition) is 2. The Morgan fingerprint density at radius 1 is 1.35 bits per heavy atom. The Balaban J connectivity index is 1.67. The van der Waals surface area contributed by atoms with Gasteiger partial charge in [-0.1, -0.05) is 19.1 Å². The van der Waals surface area contributed by atoms with Gasteiger partial charge in [0.15, 0.2) is 0 Å². The van der Waals surface area contributed by atoms with Gasteiger partial charge in [-0.3, -0.25) is 0 Å². The molecule has 0 amide bonds. The number of thiazole rings is 1. The van der Waals surface area contributed by atoms with E-state index >= 15 is 0 Å². The van der Waals surface area contributed by atoms with E-state index in [-0.39, 0.29) is 0 Å². The molecule has 1 aliphatic carbocycles. The van der Waals surface area contributed by atoms with E-state index in [9.17, 15) is 0 Å². The maximum atomic E-state index is 5.78. The van der Waals surface area contributed by atoms with Crippen LogP contribution in [0, 0.1) is 0 Å². The molecule has 1 atom stereocenters. The van der Waals surface area contributed by atoms with E-state index in [0.29, 0.717) is 11.5 Å². The summed E-state index contributed by atoms with van der Waals surface area (Å²) in [6.07, 6.45) is 5.49. The van der Waals surface area contributed by atoms with Gasteiger partial charge in [0.1, 0.15) is 5.01 Å². The lowest BCUT2D eigenvalue weighted by atomic mass is 9.95. The van der Waals surface area contributed by atoms with E-state index in [1.54, 1.807) is 11.3 Å². The lowest BCUT2D eigenvalue weighted by molar-refractivity contribution is 0.474. The highest BCUT2D eigenvalue weighted by Gasteiger charge is 2.44. The number of anilines is 1. The maximum absolute atomic E-state index is 5.78. The van der Waals surface area contributed by atoms with Crippen LogP contribution in [0.2, 0.25) is 0 Å². The van der Waals surface area contributed by atoms with E-state index in [1.165, 1.54) is 23.4 Å². The van der Waals surface area contributed by atoms with Crippen molar-refractivity contribution < 1.29 is 0 Å². The molecule has 1 aromatic carbocycles. The van der Waals surface area contributed by atoms with Crippen LogP contribution < -0.4 is 11.1 Å². The molecule has 1 fully saturated rings. The molecule has 3 nitrogen and oxygen atoms in total. The number of rotatable bonds is 6. The summed E-state index contributed by atoms with van der Waals surface area (Å²) in [5.41, 5.74) is 8.34. The van der Waals surface area contributed by atoms with Gasteiger partial charge in [-0.15, -0.1) is 11.3 Å². The Labute approximate surface area is 124 Å². The number of nitrogen functional groups attached to an aromatic ring is 1. The Hall–Kier alpha value is -1.39. The summed E-state index contributed by atoms with van der Waals surface area (Å²) in [7, 11) is 0. The summed E-state index contributed by atoms with van der Waals surface area (Å²) in [5, 5.41) is 6.95. The van der Waals surface area contributed by atoms with Gasteiger partial charge in [0.05, 0.1) is 6.04 Å². The summed E-state index contributed by atoms with van der Waals surface area (Å²) in [4.78, 5) is 4.43. The fourth-order valence-corrected chi connectivity index (χ4v) is 3.48. The van der Waals surface area contributed by atoms with Crippen molar-refractivity contribution in [2.45, 2.75) is 37.6 Å². The molecule has 0 spiro atoms. The second kappa shape index (κ2) is 5.54. The first kappa shape index (κ1) is 13.6. The normalized spacial score (nSPS) is 17.9. The van der Waals surface area contributed by atoms with Crippen LogP contribution in [0.4, 0.5) is 5.69 Å². The Bertz CT molecular complexity index is 544. The second-order valence-corrected chi connectivity index (χ2v) is 6.54. The highest BCUT2D eigenvalue weighted by Crippen LogP contribution is 2.48. The van der Waals surface area contributed by atoms with Crippen molar-refractivity contribution in [2.24, 2.45) is 0 Å². The molecule has 3 N–H and O–H groups in total. The molecular formula is C16H21N3S. The van der Waals surface area contributed by atoms with Crippen LogP contribution in [0.5, 0.6) is 0 Å². The molecule has 20 heavy (non-hydrogen) atoms. The molecule has 3 rings (SSSR count). The van der Waals surface area contributed by atoms with Crippen molar-refractivity contribution >= 4 is 17.0 Å². The fourth-order valence-electron chi connectivity index (χ4n) is 2.69. The number of nitrogens with one attached hydrogen (secondary N) is 1. The zero-order chi connectivity index (χ0) is 14.0. The molecule has 2 aromatic rings. The molecule has 0 bridgehead atoms. The first-order chi connectivity index (χ1) is 9.73. The first-order valence-corrected chi connectivity index (χ1v) is 8.10. The van der Waals surface area contributed by atoms with Crippen molar-refractivity contribution in [1.29, 1.82) is 0 Å². The van der Waals surface area contributed by atoms with Crippen molar-refractivity contribution in [3.8, 4) is 0 Å². The minimum absolute atomic E-state index is 0.318. The molecule has 0 aliphatic heterocycles. The maximum Gasteiger partial charge on any atom is 0.109 e. The van der Waals surface area contributed by atoms with Crippen LogP contribution in [0.1, 0.15) is 42.8 Å². The van der Waals surface area contributed by atoms with Crippen LogP contribution in [-0.4, -0.2) is 11.5 Å². The van der Waals surface area contributed by atoms with Crippen molar-refractivity contribution in [3.05, 3.63) is 46.4 Å². The van der Waals surface area contributed by atoms with Crippen LogP contribution in [0.15, 0.2) is 35.8 Å². The SMILES string of the molecule is CCC(NCC1(c2ccc(N)cc2)CC1)c1nccs1. The average molecular weight is 287 g/mol. The molecule has 0 saturated heterocycles. The number of nitrogens with zero attached hydrogens (tertiary/aromatic N) is 1. The quantitative estimate of drug-likeness (QED) is 0.800. The lowest BCUT2D eigenvalue weighted by Gasteiger charge is -2.21. The highest BCUT2D eigenvalue weighted by atomic mass is 32.1. The summed E-state index contributed by atoms with van der Waals surface area (Å²) in [5.74, 6) is 0. The summed E-state index contributed by atoms with van der Waals surface area (Å²) in [6.45, 7) is 3.23. The molecule has 1 heterocycles. The lowest BCUT2D eigenvalue weighted by Crippen LogP contribution is -2.30. The number of aromatic nitrogens is 1. The molecule has 1 aliphatic rings. The summed E-state index contributed by atoms with van der Waals surface area (Å²) < 4.78 is 0. The minimum atomic E-state index is 0.318. The molecular weight excluding hydrogens is 266 g/mol. The van der Waals surface area contributed by atoms with Crippen LogP contribution in [0.25, 0.3) is 0 Å². The average Bonchev–Trinajstić information content (AvgIpc) is 3.06. The molecule has 1 saturated carbocycles. The van der Waals surface area contributed by atoms with Gasteiger partial charge in [0, 0.05) is 29.2 Å². The topological polar surface area (TPSA) is 50.9 Å². The standard InChI is InChI=1S/C16H21N3S/c1-2-14(15-18-9-10-20-15)19-11-16(7-8-16)12-3-5-13(17)6-4-12/h3-6,9-10,14,19H,2,7-8,11,17H2,1H3. The predicted molar refractivity (Wildman–Crippen MR) is 84.9 cm³/mol. The van der Waals surface area contributed by atoms with Crippen molar-refractivity contribution in [3.63, 3.8) is 0 Å². The number of nitrogens with two attached hydrogens (primary N) is 1. The van der Waals surface area contributed by atoms with Gasteiger partial charge in [-0.25, -0.2) is 4.98 Å². The third-order valence-corrected chi connectivity index (χ3v) is 5.11. The zero-order valence-electron chi connectivity index (χ0n) is 11.8. The third kappa shape index (κ3) is 2.72. The predicted octanol–water partition coefficient (Wildman–Crippen LogP) is 3.50. The molecule has 4 heteroatoms. The zero-order valence-corrected chi connectivity index (χ0v) is 12.6. The third-order valence-electron chi connectivity index (χ3n) is 4.22. The second-order valence-electron chi connectivity index (χ2n) is 5.61. The van der Waals surface area contributed by atoms with Crippen LogP contribution in [0.3, 0.4) is 0 Å². The van der Waals surface area contributed by atoms with E-state index in [0.717, 1.165) is 18.7 Å². The largest absolute Gasteiger partial charge is 0.399 e. The van der Waals surface area contributed by atoms with Crippen LogP contribution >= 0.6 is 11.3 Å². The number of benzene rings is 1. The molecule has 106 valence electrons. The molecule has 1 aromatic heterocycles. The first-order valence-electron chi connectivity index (χ1n) is 7.22. The van der Waals surface area contributed by atoms with E-state index in [1.807, 2.05) is 23.7 Å². The van der Waals surface area contributed by atoms with Gasteiger partial charge in [0.25, 0.3) is 0 Å². The van der Waals surface area contributed by atoms with Crippen molar-refractivity contribution in [2.75, 3.05) is 12.3 Å². The van der Waals surface area contributed by atoms with E-state index in [2.05, 4.69) is 29.4 Å². The van der Waals surface area contributed by atoms with Gasteiger partial charge in [-0.05, 0) is 37.0 Å². The molecule has 0 radical (unpaired) electrons. The number of hydrogen-bond acceptors (Lipinski definition) is 4. The fraction of sp³-hybridized carbons (Fsp3) is 0.438. The Kier molecular flexibility index (Phi) is 3.76. The van der Waals surface area contributed by atoms with Gasteiger partial charge < -0.3 is 11.1 Å². The highest BCUT2D eigenvalue weighted by molar-refractivity contribution is 7.09. The monoisotopic (exact) mass is 287 g/mol. The van der Waals surface area contributed by atoms with Gasteiger partial charge in [-0.2, -0.15) is 0 Å².